The van der Waals surface area contributed by atoms with Crippen molar-refractivity contribution in [2.75, 3.05) is 6.54 Å². The van der Waals surface area contributed by atoms with Crippen LogP contribution in [0, 0.1) is 0 Å². The molecule has 13 heteroatoms. The van der Waals surface area contributed by atoms with Gasteiger partial charge >= 0.3 is 6.18 Å². The number of hydrogen-bond acceptors (Lipinski definition) is 4. The molecular weight excluding hydrogens is 449 g/mol. The van der Waals surface area contributed by atoms with Crippen LogP contribution in [-0.2, 0) is 13.0 Å². The topological polar surface area (TPSA) is 84.1 Å². The molecule has 1 aliphatic heterocycles. The van der Waals surface area contributed by atoms with E-state index >= 15 is 0 Å². The molecule has 0 saturated heterocycles. The first-order valence-electron chi connectivity index (χ1n) is 9.91. The summed E-state index contributed by atoms with van der Waals surface area (Å²) in [6.07, 6.45) is -3.79. The highest BCUT2D eigenvalue weighted by Gasteiger charge is 2.39. The molecule has 4 aromatic heterocycles. The molecule has 0 radical (unpaired) electrons. The smallest absolute Gasteiger partial charge is 0.348 e. The average molecular weight is 465 g/mol. The molecule has 33 heavy (non-hydrogen) atoms. The fourth-order valence-corrected chi connectivity index (χ4v) is 4.13. The molecule has 4 aromatic rings. The Morgan fingerprint density at radius 3 is 2.82 bits per heavy atom. The zero-order chi connectivity index (χ0) is 23.3. The molecule has 0 aromatic carbocycles. The summed E-state index contributed by atoms with van der Waals surface area (Å²) in [6, 6.07) is 6.33. The monoisotopic (exact) mass is 465 g/mol. The predicted octanol–water partition coefficient (Wildman–Crippen LogP) is 3.54. The summed E-state index contributed by atoms with van der Waals surface area (Å²) < 4.78 is 67.7. The van der Waals surface area contributed by atoms with Gasteiger partial charge in [-0.15, -0.1) is 0 Å². The number of hydrogen-bond donors (Lipinski definition) is 1. The number of fused-ring (bicyclic) bond motifs is 2. The van der Waals surface area contributed by atoms with Crippen molar-refractivity contribution in [1.29, 1.82) is 0 Å². The molecule has 1 atom stereocenters. The summed E-state index contributed by atoms with van der Waals surface area (Å²) >= 11 is 0. The highest BCUT2D eigenvalue weighted by molar-refractivity contribution is 5.96. The molecule has 1 N–H and O–H groups in total. The maximum atomic E-state index is 13.7. The van der Waals surface area contributed by atoms with E-state index < -0.39 is 42.4 Å². The van der Waals surface area contributed by atoms with Crippen LogP contribution < -0.4 is 0 Å². The van der Waals surface area contributed by atoms with E-state index in [1.165, 1.54) is 11.2 Å². The number of rotatable bonds is 4. The summed E-state index contributed by atoms with van der Waals surface area (Å²) in [5, 5.41) is 7.94. The van der Waals surface area contributed by atoms with E-state index in [0.717, 1.165) is 17.4 Å². The van der Waals surface area contributed by atoms with Gasteiger partial charge in [0.25, 0.3) is 12.3 Å². The van der Waals surface area contributed by atoms with Crippen molar-refractivity contribution >= 4 is 11.4 Å². The van der Waals surface area contributed by atoms with Crippen LogP contribution in [0.15, 0.2) is 43.0 Å². The number of alkyl halides is 5. The lowest BCUT2D eigenvalue weighted by atomic mass is 9.98. The number of H-pyrrole nitrogens is 1. The second-order valence-electron chi connectivity index (χ2n) is 7.57. The Hall–Kier alpha value is -3.77. The normalized spacial score (nSPS) is 16.5. The van der Waals surface area contributed by atoms with Crippen LogP contribution in [0.3, 0.4) is 0 Å². The number of nitrogens with one attached hydrogen (secondary N) is 1. The van der Waals surface area contributed by atoms with Crippen molar-refractivity contribution in [3.8, 4) is 0 Å². The molecule has 0 fully saturated rings. The van der Waals surface area contributed by atoms with E-state index in [4.69, 9.17) is 0 Å². The van der Waals surface area contributed by atoms with Crippen LogP contribution in [0.4, 0.5) is 22.0 Å². The van der Waals surface area contributed by atoms with Crippen LogP contribution in [0.2, 0.25) is 0 Å². The lowest BCUT2D eigenvalue weighted by molar-refractivity contribution is -0.143. The van der Waals surface area contributed by atoms with E-state index in [2.05, 4.69) is 20.2 Å². The summed E-state index contributed by atoms with van der Waals surface area (Å²) in [5.74, 6) is -0.866. The van der Waals surface area contributed by atoms with Crippen molar-refractivity contribution in [3.05, 3.63) is 71.3 Å². The molecule has 5 heterocycles. The molecule has 0 spiro atoms. The highest BCUT2D eigenvalue weighted by atomic mass is 19.4. The van der Waals surface area contributed by atoms with E-state index in [0.29, 0.717) is 17.8 Å². The van der Waals surface area contributed by atoms with Gasteiger partial charge in [0.05, 0.1) is 35.0 Å². The highest BCUT2D eigenvalue weighted by Crippen LogP contribution is 2.36. The lowest BCUT2D eigenvalue weighted by Crippen LogP contribution is -2.41. The molecule has 1 aliphatic rings. The summed E-state index contributed by atoms with van der Waals surface area (Å²) in [5.41, 5.74) is 0.806. The number of carbonyl (C=O) groups is 1. The van der Waals surface area contributed by atoms with Crippen molar-refractivity contribution in [1.82, 2.24) is 34.3 Å². The van der Waals surface area contributed by atoms with Gasteiger partial charge in [-0.3, -0.25) is 9.48 Å². The van der Waals surface area contributed by atoms with Gasteiger partial charge in [0.1, 0.15) is 18.3 Å². The maximum absolute atomic E-state index is 13.7. The molecule has 5 rings (SSSR count). The number of pyridine rings is 1. The maximum Gasteiger partial charge on any atom is 0.408 e. The Morgan fingerprint density at radius 2 is 2.09 bits per heavy atom. The third kappa shape index (κ3) is 3.72. The Labute approximate surface area is 182 Å². The molecule has 0 aliphatic carbocycles. The molecule has 172 valence electrons. The lowest BCUT2D eigenvalue weighted by Gasteiger charge is -2.34. The second kappa shape index (κ2) is 7.67. The molecule has 0 saturated carbocycles. The van der Waals surface area contributed by atoms with Crippen molar-refractivity contribution < 1.29 is 26.7 Å². The van der Waals surface area contributed by atoms with Crippen LogP contribution in [0.25, 0.3) is 5.52 Å². The zero-order valence-electron chi connectivity index (χ0n) is 16.8. The third-order valence-electron chi connectivity index (χ3n) is 5.50. The predicted molar refractivity (Wildman–Crippen MR) is 104 cm³/mol. The van der Waals surface area contributed by atoms with Gasteiger partial charge in [0.15, 0.2) is 0 Å². The zero-order valence-corrected chi connectivity index (χ0v) is 16.8. The first kappa shape index (κ1) is 21.1. The van der Waals surface area contributed by atoms with E-state index in [1.54, 1.807) is 22.8 Å². The van der Waals surface area contributed by atoms with Gasteiger partial charge < -0.3 is 9.88 Å². The Bertz CT molecular complexity index is 1290. The number of nitrogens with zero attached hydrogens (tertiary/aromatic N) is 6. The van der Waals surface area contributed by atoms with Gasteiger partial charge in [0, 0.05) is 24.9 Å². The van der Waals surface area contributed by atoms with E-state index in [1.807, 2.05) is 12.1 Å². The van der Waals surface area contributed by atoms with E-state index in [9.17, 15) is 26.7 Å². The largest absolute Gasteiger partial charge is 0.408 e. The molecule has 0 bridgehead atoms. The van der Waals surface area contributed by atoms with Gasteiger partial charge in [-0.05, 0) is 18.2 Å². The minimum atomic E-state index is -4.77. The van der Waals surface area contributed by atoms with Crippen LogP contribution >= 0.6 is 0 Å². The fraction of sp³-hybridized carbons (Fsp3) is 0.300. The van der Waals surface area contributed by atoms with Gasteiger partial charge in [0.2, 0.25) is 0 Å². The fourth-order valence-electron chi connectivity index (χ4n) is 4.13. The minimum Gasteiger partial charge on any atom is -0.348 e. The first-order chi connectivity index (χ1) is 15.7. The minimum absolute atomic E-state index is 0.125. The summed E-state index contributed by atoms with van der Waals surface area (Å²) in [4.78, 5) is 22.0. The Morgan fingerprint density at radius 1 is 1.27 bits per heavy atom. The average Bonchev–Trinajstić information content (AvgIpc) is 3.48. The van der Waals surface area contributed by atoms with Crippen molar-refractivity contribution in [2.45, 2.75) is 31.6 Å². The Balaban J connectivity index is 1.58. The van der Waals surface area contributed by atoms with Crippen molar-refractivity contribution in [3.63, 3.8) is 0 Å². The molecule has 1 unspecified atom stereocenters. The Kier molecular flexibility index (Phi) is 4.91. The van der Waals surface area contributed by atoms with Crippen LogP contribution in [0.1, 0.15) is 45.6 Å². The van der Waals surface area contributed by atoms with Gasteiger partial charge in [-0.1, -0.05) is 6.07 Å². The summed E-state index contributed by atoms with van der Waals surface area (Å²) in [6.45, 7) is -1.60. The number of amides is 1. The number of carbonyl (C=O) groups excluding carboxylic acids is 1. The third-order valence-corrected chi connectivity index (χ3v) is 5.50. The SMILES string of the molecule is O=C(c1cnn(CC(F)(F)F)c1C(F)F)N1CCc2[nH]cnc2C1c1cc2ccccn2n1. The van der Waals surface area contributed by atoms with Crippen LogP contribution in [0.5, 0.6) is 0 Å². The van der Waals surface area contributed by atoms with Gasteiger partial charge in [-0.2, -0.15) is 23.4 Å². The quantitative estimate of drug-likeness (QED) is 0.468. The second-order valence-corrected chi connectivity index (χ2v) is 7.57. The number of aromatic amines is 1. The van der Waals surface area contributed by atoms with Crippen molar-refractivity contribution in [2.24, 2.45) is 0 Å². The van der Waals surface area contributed by atoms with Crippen LogP contribution in [-0.4, -0.2) is 52.9 Å². The summed E-state index contributed by atoms with van der Waals surface area (Å²) in [7, 11) is 0. The molecule has 1 amide bonds. The first-order valence-corrected chi connectivity index (χ1v) is 9.91. The molecule has 8 nitrogen and oxygen atoms in total. The standard InChI is InChI=1S/C20H16F5N7O/c21-18(22)16-12(8-28-32(16)9-20(23,24)25)19(33)30-6-4-13-15(27-10-26-13)17(30)14-7-11-3-1-2-5-31(11)29-14/h1-3,5,7-8,10,17-18H,4,6,9H2,(H,26,27). The number of aromatic nitrogens is 6. The van der Waals surface area contributed by atoms with E-state index in [-0.39, 0.29) is 11.2 Å². The molecular formula is C20H16F5N7O. The van der Waals surface area contributed by atoms with Gasteiger partial charge in [-0.25, -0.2) is 18.3 Å². The number of halogens is 5. The number of imidazole rings is 1.